The molecule has 2 rings (SSSR count). The Morgan fingerprint density at radius 1 is 1.24 bits per heavy atom. The Balaban J connectivity index is 1.85. The molecule has 2 aromatic carbocycles. The Kier molecular flexibility index (Phi) is 5.65. The van der Waals surface area contributed by atoms with Crippen LogP contribution in [0.5, 0.6) is 5.75 Å². The van der Waals surface area contributed by atoms with Crippen LogP contribution < -0.4 is 4.74 Å². The SMILES string of the molecule is CN(CCOc1cccc(Cl)c1)C(=O)c1ccc(Br)cc1. The van der Waals surface area contributed by atoms with Gasteiger partial charge in [-0.1, -0.05) is 33.6 Å². The molecule has 5 heteroatoms. The first kappa shape index (κ1) is 15.9. The van der Waals surface area contributed by atoms with Gasteiger partial charge in [0, 0.05) is 22.1 Å². The summed E-state index contributed by atoms with van der Waals surface area (Å²) in [7, 11) is 1.76. The molecule has 0 aromatic heterocycles. The molecular formula is C16H15BrClNO2. The molecule has 0 N–H and O–H groups in total. The average Bonchev–Trinajstić information content (AvgIpc) is 2.47. The highest BCUT2D eigenvalue weighted by atomic mass is 79.9. The highest BCUT2D eigenvalue weighted by molar-refractivity contribution is 9.10. The molecule has 2 aromatic rings. The van der Waals surface area contributed by atoms with Crippen molar-refractivity contribution in [2.24, 2.45) is 0 Å². The molecule has 21 heavy (non-hydrogen) atoms. The molecule has 0 heterocycles. The molecule has 0 aliphatic carbocycles. The van der Waals surface area contributed by atoms with E-state index in [0.717, 1.165) is 4.47 Å². The molecule has 0 saturated heterocycles. The average molecular weight is 369 g/mol. The molecular weight excluding hydrogens is 354 g/mol. The lowest BCUT2D eigenvalue weighted by molar-refractivity contribution is 0.0774. The van der Waals surface area contributed by atoms with Gasteiger partial charge in [-0.05, 0) is 42.5 Å². The maximum atomic E-state index is 12.2. The van der Waals surface area contributed by atoms with Gasteiger partial charge in [-0.3, -0.25) is 4.79 Å². The summed E-state index contributed by atoms with van der Waals surface area (Å²) in [5, 5.41) is 0.631. The summed E-state index contributed by atoms with van der Waals surface area (Å²) >= 11 is 9.23. The van der Waals surface area contributed by atoms with Crippen LogP contribution in [0.15, 0.2) is 53.0 Å². The number of nitrogens with zero attached hydrogens (tertiary/aromatic N) is 1. The maximum Gasteiger partial charge on any atom is 0.253 e. The zero-order valence-electron chi connectivity index (χ0n) is 11.6. The van der Waals surface area contributed by atoms with Gasteiger partial charge in [0.1, 0.15) is 12.4 Å². The van der Waals surface area contributed by atoms with Gasteiger partial charge in [-0.15, -0.1) is 0 Å². The number of rotatable bonds is 5. The second kappa shape index (κ2) is 7.48. The first-order chi connectivity index (χ1) is 10.1. The summed E-state index contributed by atoms with van der Waals surface area (Å²) in [4.78, 5) is 13.8. The maximum absolute atomic E-state index is 12.2. The molecule has 0 aliphatic heterocycles. The van der Waals surface area contributed by atoms with Crippen molar-refractivity contribution in [3.63, 3.8) is 0 Å². The van der Waals surface area contributed by atoms with E-state index in [-0.39, 0.29) is 5.91 Å². The van der Waals surface area contributed by atoms with Crippen molar-refractivity contribution in [1.29, 1.82) is 0 Å². The van der Waals surface area contributed by atoms with E-state index in [4.69, 9.17) is 16.3 Å². The van der Waals surface area contributed by atoms with E-state index in [1.54, 1.807) is 36.2 Å². The normalized spacial score (nSPS) is 10.2. The minimum atomic E-state index is -0.0304. The molecule has 110 valence electrons. The van der Waals surface area contributed by atoms with Crippen LogP contribution in [0.2, 0.25) is 5.02 Å². The number of hydrogen-bond acceptors (Lipinski definition) is 2. The van der Waals surface area contributed by atoms with Crippen molar-refractivity contribution < 1.29 is 9.53 Å². The van der Waals surface area contributed by atoms with Crippen molar-refractivity contribution in [3.8, 4) is 5.75 Å². The Morgan fingerprint density at radius 3 is 2.62 bits per heavy atom. The van der Waals surface area contributed by atoms with Gasteiger partial charge in [0.25, 0.3) is 5.91 Å². The zero-order valence-corrected chi connectivity index (χ0v) is 13.9. The van der Waals surface area contributed by atoms with Crippen LogP contribution >= 0.6 is 27.5 Å². The molecule has 0 aliphatic rings. The fourth-order valence-electron chi connectivity index (χ4n) is 1.77. The summed E-state index contributed by atoms with van der Waals surface area (Å²) in [6, 6.07) is 14.5. The smallest absolute Gasteiger partial charge is 0.253 e. The van der Waals surface area contributed by atoms with Gasteiger partial charge in [0.15, 0.2) is 0 Å². The summed E-state index contributed by atoms with van der Waals surface area (Å²) in [5.74, 6) is 0.671. The molecule has 3 nitrogen and oxygen atoms in total. The summed E-state index contributed by atoms with van der Waals surface area (Å²) in [5.41, 5.74) is 0.656. The first-order valence-corrected chi connectivity index (χ1v) is 7.63. The molecule has 1 amide bonds. The van der Waals surface area contributed by atoms with Crippen LogP contribution in [0.1, 0.15) is 10.4 Å². The largest absolute Gasteiger partial charge is 0.492 e. The minimum absolute atomic E-state index is 0.0304. The van der Waals surface area contributed by atoms with Crippen molar-refractivity contribution in [2.75, 3.05) is 20.2 Å². The predicted molar refractivity (Wildman–Crippen MR) is 88.0 cm³/mol. The lowest BCUT2D eigenvalue weighted by atomic mass is 10.2. The second-order valence-electron chi connectivity index (χ2n) is 4.54. The number of amides is 1. The minimum Gasteiger partial charge on any atom is -0.492 e. The number of benzene rings is 2. The molecule has 0 radical (unpaired) electrons. The molecule has 0 unspecified atom stereocenters. The Bertz CT molecular complexity index is 616. The highest BCUT2D eigenvalue weighted by Crippen LogP contribution is 2.17. The predicted octanol–water partition coefficient (Wildman–Crippen LogP) is 4.25. The molecule has 0 saturated carbocycles. The standard InChI is InChI=1S/C16H15BrClNO2/c1-19(16(20)12-5-7-13(17)8-6-12)9-10-21-15-4-2-3-14(18)11-15/h2-8,11H,9-10H2,1H3. The molecule has 0 bridgehead atoms. The van der Waals surface area contributed by atoms with Crippen molar-refractivity contribution in [3.05, 3.63) is 63.6 Å². The van der Waals surface area contributed by atoms with E-state index < -0.39 is 0 Å². The number of likely N-dealkylation sites (N-methyl/N-ethyl adjacent to an activating group) is 1. The summed E-state index contributed by atoms with van der Waals surface area (Å²) in [6.07, 6.45) is 0. The third kappa shape index (κ3) is 4.76. The highest BCUT2D eigenvalue weighted by Gasteiger charge is 2.11. The second-order valence-corrected chi connectivity index (χ2v) is 5.89. The molecule has 0 atom stereocenters. The van der Waals surface area contributed by atoms with Crippen molar-refractivity contribution in [2.45, 2.75) is 0 Å². The fraction of sp³-hybridized carbons (Fsp3) is 0.188. The number of carbonyl (C=O) groups excluding carboxylic acids is 1. The fourth-order valence-corrected chi connectivity index (χ4v) is 2.22. The Hall–Kier alpha value is -1.52. The van der Waals surface area contributed by atoms with Gasteiger partial charge in [-0.2, -0.15) is 0 Å². The lowest BCUT2D eigenvalue weighted by Gasteiger charge is -2.17. The number of hydrogen-bond donors (Lipinski definition) is 0. The molecule has 0 fully saturated rings. The summed E-state index contributed by atoms with van der Waals surface area (Å²) < 4.78 is 6.53. The van der Waals surface area contributed by atoms with Crippen molar-refractivity contribution in [1.82, 2.24) is 4.90 Å². The third-order valence-corrected chi connectivity index (χ3v) is 3.69. The Morgan fingerprint density at radius 2 is 1.95 bits per heavy atom. The van der Waals surface area contributed by atoms with Crippen LogP contribution in [0, 0.1) is 0 Å². The van der Waals surface area contributed by atoms with Gasteiger partial charge in [0.05, 0.1) is 6.54 Å². The quantitative estimate of drug-likeness (QED) is 0.789. The van der Waals surface area contributed by atoms with Crippen LogP contribution in [0.4, 0.5) is 0 Å². The number of carbonyl (C=O) groups is 1. The van der Waals surface area contributed by atoms with Crippen LogP contribution in [-0.4, -0.2) is 31.0 Å². The zero-order chi connectivity index (χ0) is 15.2. The van der Waals surface area contributed by atoms with Crippen LogP contribution in [0.25, 0.3) is 0 Å². The van der Waals surface area contributed by atoms with E-state index in [1.807, 2.05) is 24.3 Å². The van der Waals surface area contributed by atoms with E-state index >= 15 is 0 Å². The monoisotopic (exact) mass is 367 g/mol. The van der Waals surface area contributed by atoms with E-state index in [9.17, 15) is 4.79 Å². The van der Waals surface area contributed by atoms with Crippen LogP contribution in [0.3, 0.4) is 0 Å². The van der Waals surface area contributed by atoms with Crippen molar-refractivity contribution >= 4 is 33.4 Å². The summed E-state index contributed by atoms with van der Waals surface area (Å²) in [6.45, 7) is 0.917. The number of ether oxygens (including phenoxy) is 1. The first-order valence-electron chi connectivity index (χ1n) is 6.45. The van der Waals surface area contributed by atoms with Gasteiger partial charge in [0.2, 0.25) is 0 Å². The number of halogens is 2. The van der Waals surface area contributed by atoms with E-state index in [0.29, 0.717) is 29.5 Å². The third-order valence-electron chi connectivity index (χ3n) is 2.93. The lowest BCUT2D eigenvalue weighted by Crippen LogP contribution is -2.30. The van der Waals surface area contributed by atoms with Gasteiger partial charge < -0.3 is 9.64 Å². The van der Waals surface area contributed by atoms with E-state index in [1.165, 1.54) is 0 Å². The Labute approximate surface area is 137 Å². The van der Waals surface area contributed by atoms with Gasteiger partial charge in [-0.25, -0.2) is 0 Å². The van der Waals surface area contributed by atoms with E-state index in [2.05, 4.69) is 15.9 Å². The van der Waals surface area contributed by atoms with Gasteiger partial charge >= 0.3 is 0 Å². The van der Waals surface area contributed by atoms with Crippen LogP contribution in [-0.2, 0) is 0 Å². The molecule has 0 spiro atoms. The topological polar surface area (TPSA) is 29.5 Å².